The minimum Gasteiger partial charge on any atom is -0.324 e. The van der Waals surface area contributed by atoms with Crippen molar-refractivity contribution in [2.24, 2.45) is 5.92 Å². The first-order chi connectivity index (χ1) is 12.6. The van der Waals surface area contributed by atoms with Crippen LogP contribution in [-0.4, -0.2) is 30.4 Å². The lowest BCUT2D eigenvalue weighted by Gasteiger charge is -2.31. The summed E-state index contributed by atoms with van der Waals surface area (Å²) in [7, 11) is 0. The highest BCUT2D eigenvalue weighted by molar-refractivity contribution is 5.93. The highest BCUT2D eigenvalue weighted by Crippen LogP contribution is 2.23. The molecule has 1 amide bonds. The Bertz CT molecular complexity index is 698. The molecule has 1 aliphatic heterocycles. The Hall–Kier alpha value is -2.13. The molecule has 0 saturated carbocycles. The maximum Gasteiger partial charge on any atom is 0.238 e. The fourth-order valence-electron chi connectivity index (χ4n) is 3.84. The van der Waals surface area contributed by atoms with Gasteiger partial charge in [-0.05, 0) is 75.2 Å². The molecule has 1 saturated heterocycles. The summed E-state index contributed by atoms with van der Waals surface area (Å²) in [5.74, 6) is 0.887. The molecule has 1 N–H and O–H groups in total. The molecule has 1 heterocycles. The fraction of sp³-hybridized carbons (Fsp3) is 0.435. The van der Waals surface area contributed by atoms with Gasteiger partial charge in [0.15, 0.2) is 0 Å². The number of carbonyl (C=O) groups excluding carboxylic acids is 1. The van der Waals surface area contributed by atoms with Crippen LogP contribution in [0.25, 0.3) is 0 Å². The number of hydrogen-bond donors (Lipinski definition) is 1. The zero-order chi connectivity index (χ0) is 18.4. The van der Waals surface area contributed by atoms with Crippen molar-refractivity contribution in [3.8, 4) is 0 Å². The van der Waals surface area contributed by atoms with E-state index in [1.807, 2.05) is 32.0 Å². The molecule has 1 aliphatic rings. The number of nitrogens with one attached hydrogen (secondary N) is 1. The SMILES string of the molecule is Cc1cccc(C)c1NC(=O)CN1CCC(CCc2ccccc2)CC1. The molecule has 0 radical (unpaired) electrons. The molecule has 3 nitrogen and oxygen atoms in total. The number of amides is 1. The molecule has 2 aromatic carbocycles. The lowest BCUT2D eigenvalue weighted by molar-refractivity contribution is -0.117. The van der Waals surface area contributed by atoms with Gasteiger partial charge in [0.05, 0.1) is 6.54 Å². The van der Waals surface area contributed by atoms with Gasteiger partial charge in [0.25, 0.3) is 0 Å². The van der Waals surface area contributed by atoms with Crippen LogP contribution in [0.15, 0.2) is 48.5 Å². The van der Waals surface area contributed by atoms with Crippen LogP contribution in [0.1, 0.15) is 36.0 Å². The number of nitrogens with zero attached hydrogens (tertiary/aromatic N) is 1. The van der Waals surface area contributed by atoms with Crippen molar-refractivity contribution < 1.29 is 4.79 Å². The number of rotatable bonds is 6. The van der Waals surface area contributed by atoms with Gasteiger partial charge in [-0.25, -0.2) is 0 Å². The third-order valence-corrected chi connectivity index (χ3v) is 5.50. The highest BCUT2D eigenvalue weighted by atomic mass is 16.2. The first kappa shape index (κ1) is 18.7. The number of aryl methyl sites for hydroxylation is 3. The second-order valence-corrected chi connectivity index (χ2v) is 7.56. The molecule has 1 fully saturated rings. The van der Waals surface area contributed by atoms with E-state index in [9.17, 15) is 4.79 Å². The summed E-state index contributed by atoms with van der Waals surface area (Å²) in [5.41, 5.74) is 4.65. The van der Waals surface area contributed by atoms with Crippen LogP contribution < -0.4 is 5.32 Å². The van der Waals surface area contributed by atoms with Crippen molar-refractivity contribution in [3.05, 3.63) is 65.2 Å². The number of carbonyl (C=O) groups is 1. The number of likely N-dealkylation sites (tertiary alicyclic amines) is 1. The number of para-hydroxylation sites is 1. The third kappa shape index (κ3) is 5.18. The van der Waals surface area contributed by atoms with Crippen molar-refractivity contribution in [2.45, 2.75) is 39.5 Å². The summed E-state index contributed by atoms with van der Waals surface area (Å²) in [6, 6.07) is 16.9. The van der Waals surface area contributed by atoms with Crippen molar-refractivity contribution in [2.75, 3.05) is 25.0 Å². The minimum absolute atomic E-state index is 0.102. The zero-order valence-electron chi connectivity index (χ0n) is 16.0. The van der Waals surface area contributed by atoms with Gasteiger partial charge in [-0.2, -0.15) is 0 Å². The zero-order valence-corrected chi connectivity index (χ0v) is 16.0. The summed E-state index contributed by atoms with van der Waals surface area (Å²) in [6.45, 7) is 6.64. The normalized spacial score (nSPS) is 15.8. The van der Waals surface area contributed by atoms with Gasteiger partial charge >= 0.3 is 0 Å². The largest absolute Gasteiger partial charge is 0.324 e. The second kappa shape index (κ2) is 9.00. The van der Waals surface area contributed by atoms with Crippen LogP contribution in [0.3, 0.4) is 0 Å². The number of hydrogen-bond acceptors (Lipinski definition) is 2. The van der Waals surface area contributed by atoms with E-state index < -0.39 is 0 Å². The third-order valence-electron chi connectivity index (χ3n) is 5.50. The summed E-state index contributed by atoms with van der Waals surface area (Å²) >= 11 is 0. The van der Waals surface area contributed by atoms with Crippen molar-refractivity contribution >= 4 is 11.6 Å². The Morgan fingerprint density at radius 1 is 1.00 bits per heavy atom. The Balaban J connectivity index is 1.41. The molecule has 2 aromatic rings. The van der Waals surface area contributed by atoms with Gasteiger partial charge in [-0.15, -0.1) is 0 Å². The molecule has 3 rings (SSSR count). The summed E-state index contributed by atoms with van der Waals surface area (Å²) < 4.78 is 0. The highest BCUT2D eigenvalue weighted by Gasteiger charge is 2.21. The van der Waals surface area contributed by atoms with E-state index in [4.69, 9.17) is 0 Å². The molecular weight excluding hydrogens is 320 g/mol. The fourth-order valence-corrected chi connectivity index (χ4v) is 3.84. The molecule has 3 heteroatoms. The first-order valence-corrected chi connectivity index (χ1v) is 9.74. The standard InChI is InChI=1S/C23H30N2O/c1-18-7-6-8-19(2)23(18)24-22(26)17-25-15-13-21(14-16-25)12-11-20-9-4-3-5-10-20/h3-10,21H,11-17H2,1-2H3,(H,24,26). The van der Waals surface area contributed by atoms with Crippen molar-refractivity contribution in [3.63, 3.8) is 0 Å². The van der Waals surface area contributed by atoms with E-state index in [0.717, 1.165) is 35.8 Å². The van der Waals surface area contributed by atoms with Crippen LogP contribution in [0.2, 0.25) is 0 Å². The first-order valence-electron chi connectivity index (χ1n) is 9.74. The molecule has 0 aromatic heterocycles. The molecule has 0 bridgehead atoms. The number of anilines is 1. The van der Waals surface area contributed by atoms with Crippen LogP contribution >= 0.6 is 0 Å². The minimum atomic E-state index is 0.102. The molecule has 0 aliphatic carbocycles. The maximum atomic E-state index is 12.4. The molecule has 138 valence electrons. The van der Waals surface area contributed by atoms with E-state index in [0.29, 0.717) is 6.54 Å². The van der Waals surface area contributed by atoms with E-state index >= 15 is 0 Å². The predicted molar refractivity (Wildman–Crippen MR) is 108 cm³/mol. The lowest BCUT2D eigenvalue weighted by Crippen LogP contribution is -2.39. The molecule has 0 unspecified atom stereocenters. The van der Waals surface area contributed by atoms with E-state index in [2.05, 4.69) is 40.5 Å². The Morgan fingerprint density at radius 2 is 1.65 bits per heavy atom. The van der Waals surface area contributed by atoms with E-state index in [-0.39, 0.29) is 5.91 Å². The monoisotopic (exact) mass is 350 g/mol. The average molecular weight is 351 g/mol. The summed E-state index contributed by atoms with van der Waals surface area (Å²) in [5, 5.41) is 3.10. The predicted octanol–water partition coefficient (Wildman–Crippen LogP) is 4.59. The van der Waals surface area contributed by atoms with Crippen LogP contribution in [-0.2, 0) is 11.2 Å². The molecule has 0 spiro atoms. The van der Waals surface area contributed by atoms with Crippen LogP contribution in [0, 0.1) is 19.8 Å². The van der Waals surface area contributed by atoms with Crippen LogP contribution in [0.5, 0.6) is 0 Å². The summed E-state index contributed by atoms with van der Waals surface area (Å²) in [6.07, 6.45) is 4.82. The molecule has 0 atom stereocenters. The van der Waals surface area contributed by atoms with Gasteiger partial charge < -0.3 is 5.32 Å². The topological polar surface area (TPSA) is 32.3 Å². The Kier molecular flexibility index (Phi) is 6.45. The van der Waals surface area contributed by atoms with Gasteiger partial charge in [-0.1, -0.05) is 48.5 Å². The average Bonchev–Trinajstić information content (AvgIpc) is 2.65. The van der Waals surface area contributed by atoms with Gasteiger partial charge in [0.1, 0.15) is 0 Å². The van der Waals surface area contributed by atoms with Gasteiger partial charge in [0, 0.05) is 5.69 Å². The lowest BCUT2D eigenvalue weighted by atomic mass is 9.90. The number of benzene rings is 2. The Labute approximate surface area is 157 Å². The smallest absolute Gasteiger partial charge is 0.238 e. The van der Waals surface area contributed by atoms with Crippen molar-refractivity contribution in [1.82, 2.24) is 4.90 Å². The quantitative estimate of drug-likeness (QED) is 0.826. The molecular formula is C23H30N2O. The van der Waals surface area contributed by atoms with Crippen LogP contribution in [0.4, 0.5) is 5.69 Å². The molecule has 26 heavy (non-hydrogen) atoms. The van der Waals surface area contributed by atoms with Gasteiger partial charge in [-0.3, -0.25) is 9.69 Å². The number of piperidine rings is 1. The van der Waals surface area contributed by atoms with E-state index in [1.165, 1.54) is 31.2 Å². The van der Waals surface area contributed by atoms with E-state index in [1.54, 1.807) is 0 Å². The van der Waals surface area contributed by atoms with Gasteiger partial charge in [0.2, 0.25) is 5.91 Å². The maximum absolute atomic E-state index is 12.4. The Morgan fingerprint density at radius 3 is 2.31 bits per heavy atom. The van der Waals surface area contributed by atoms with Crippen molar-refractivity contribution in [1.29, 1.82) is 0 Å². The second-order valence-electron chi connectivity index (χ2n) is 7.56. The summed E-state index contributed by atoms with van der Waals surface area (Å²) in [4.78, 5) is 14.7.